The van der Waals surface area contributed by atoms with E-state index in [0.717, 1.165) is 25.2 Å². The van der Waals surface area contributed by atoms with E-state index in [4.69, 9.17) is 4.74 Å². The van der Waals surface area contributed by atoms with Gasteiger partial charge < -0.3 is 4.74 Å². The molecule has 1 saturated heterocycles. The summed E-state index contributed by atoms with van der Waals surface area (Å²) in [5.41, 5.74) is 0.0316. The number of benzene rings is 2. The molecular weight excluding hydrogens is 312 g/mol. The third-order valence-corrected chi connectivity index (χ3v) is 4.17. The predicted octanol–water partition coefficient (Wildman–Crippen LogP) is 3.67. The smallest absolute Gasteiger partial charge is 0.196 e. The summed E-state index contributed by atoms with van der Waals surface area (Å²) in [7, 11) is 0. The van der Waals surface area contributed by atoms with E-state index in [2.05, 4.69) is 4.90 Å². The van der Waals surface area contributed by atoms with Crippen LogP contribution in [-0.4, -0.2) is 36.9 Å². The van der Waals surface area contributed by atoms with Crippen LogP contribution in [0.25, 0.3) is 0 Å². The molecule has 0 radical (unpaired) electrons. The highest BCUT2D eigenvalue weighted by molar-refractivity contribution is 6.09. The van der Waals surface area contributed by atoms with E-state index < -0.39 is 17.4 Å². The van der Waals surface area contributed by atoms with Crippen LogP contribution in [0.3, 0.4) is 0 Å². The summed E-state index contributed by atoms with van der Waals surface area (Å²) in [6.45, 7) is 3.02. The molecule has 0 spiro atoms. The van der Waals surface area contributed by atoms with Crippen molar-refractivity contribution >= 4 is 5.78 Å². The monoisotopic (exact) mass is 331 g/mol. The largest absolute Gasteiger partial charge is 0.489 e. The van der Waals surface area contributed by atoms with E-state index in [1.165, 1.54) is 12.8 Å². The third-order valence-electron chi connectivity index (χ3n) is 4.17. The molecule has 2 aromatic rings. The number of rotatable bonds is 6. The average molecular weight is 331 g/mol. The standard InChI is InChI=1S/C19H19F2NO2/c20-16-13-18(24-11-10-22-8-4-5-9-22)17(21)12-15(16)19(23)14-6-2-1-3-7-14/h1-3,6-7,12-13H,4-5,8-11H2. The SMILES string of the molecule is O=C(c1ccccc1)c1cc(F)c(OCCN2CCCC2)cc1F. The fraction of sp³-hybridized carbons (Fsp3) is 0.316. The van der Waals surface area contributed by atoms with Crippen molar-refractivity contribution in [2.45, 2.75) is 12.8 Å². The van der Waals surface area contributed by atoms with Crippen LogP contribution in [0, 0.1) is 11.6 Å². The number of halogens is 2. The molecule has 5 heteroatoms. The Balaban J connectivity index is 1.70. The first-order chi connectivity index (χ1) is 11.6. The van der Waals surface area contributed by atoms with E-state index >= 15 is 0 Å². The first-order valence-corrected chi connectivity index (χ1v) is 8.09. The van der Waals surface area contributed by atoms with Gasteiger partial charge in [-0.05, 0) is 32.0 Å². The topological polar surface area (TPSA) is 29.5 Å². The van der Waals surface area contributed by atoms with Crippen LogP contribution in [-0.2, 0) is 0 Å². The van der Waals surface area contributed by atoms with Gasteiger partial charge in [0.2, 0.25) is 0 Å². The minimum atomic E-state index is -0.776. The first kappa shape index (κ1) is 16.6. The molecule has 24 heavy (non-hydrogen) atoms. The minimum absolute atomic E-state index is 0.156. The Labute approximate surface area is 139 Å². The second-order valence-electron chi connectivity index (χ2n) is 5.85. The van der Waals surface area contributed by atoms with Gasteiger partial charge in [0, 0.05) is 18.2 Å². The summed E-state index contributed by atoms with van der Waals surface area (Å²) >= 11 is 0. The molecule has 1 fully saturated rings. The zero-order chi connectivity index (χ0) is 16.9. The van der Waals surface area contributed by atoms with E-state index in [1.54, 1.807) is 30.3 Å². The summed E-state index contributed by atoms with van der Waals surface area (Å²) in [4.78, 5) is 14.5. The molecule has 0 bridgehead atoms. The van der Waals surface area contributed by atoms with Crippen molar-refractivity contribution in [3.05, 3.63) is 65.2 Å². The molecule has 3 rings (SSSR count). The number of hydrogen-bond acceptors (Lipinski definition) is 3. The number of carbonyl (C=O) groups excluding carboxylic acids is 1. The minimum Gasteiger partial charge on any atom is -0.489 e. The molecule has 2 aromatic carbocycles. The molecule has 1 aliphatic rings. The van der Waals surface area contributed by atoms with Crippen LogP contribution < -0.4 is 4.74 Å². The lowest BCUT2D eigenvalue weighted by Gasteiger charge is -2.15. The highest BCUT2D eigenvalue weighted by atomic mass is 19.1. The van der Waals surface area contributed by atoms with Crippen molar-refractivity contribution in [1.29, 1.82) is 0 Å². The number of hydrogen-bond donors (Lipinski definition) is 0. The van der Waals surface area contributed by atoms with Crippen molar-refractivity contribution < 1.29 is 18.3 Å². The molecule has 1 heterocycles. The highest BCUT2D eigenvalue weighted by Gasteiger charge is 2.18. The predicted molar refractivity (Wildman–Crippen MR) is 87.4 cm³/mol. The fourth-order valence-electron chi connectivity index (χ4n) is 2.85. The molecule has 0 aliphatic carbocycles. The maximum absolute atomic E-state index is 14.2. The molecule has 3 nitrogen and oxygen atoms in total. The molecule has 0 N–H and O–H groups in total. The van der Waals surface area contributed by atoms with E-state index in [9.17, 15) is 13.6 Å². The molecule has 0 atom stereocenters. The maximum Gasteiger partial charge on any atom is 0.196 e. The van der Waals surface area contributed by atoms with Gasteiger partial charge in [0.15, 0.2) is 17.3 Å². The van der Waals surface area contributed by atoms with Gasteiger partial charge in [0.1, 0.15) is 12.4 Å². The highest BCUT2D eigenvalue weighted by Crippen LogP contribution is 2.24. The van der Waals surface area contributed by atoms with Gasteiger partial charge in [-0.15, -0.1) is 0 Å². The van der Waals surface area contributed by atoms with Gasteiger partial charge >= 0.3 is 0 Å². The zero-order valence-electron chi connectivity index (χ0n) is 13.3. The normalized spacial score (nSPS) is 14.8. The lowest BCUT2D eigenvalue weighted by molar-refractivity contribution is 0.103. The number of ketones is 1. The van der Waals surface area contributed by atoms with Gasteiger partial charge in [0.05, 0.1) is 5.56 Å². The third kappa shape index (κ3) is 3.79. The van der Waals surface area contributed by atoms with Crippen molar-refractivity contribution in [3.63, 3.8) is 0 Å². The van der Waals surface area contributed by atoms with E-state index in [0.29, 0.717) is 18.7 Å². The molecule has 0 unspecified atom stereocenters. The maximum atomic E-state index is 14.2. The number of likely N-dealkylation sites (tertiary alicyclic amines) is 1. The molecule has 0 amide bonds. The van der Waals surface area contributed by atoms with Crippen molar-refractivity contribution in [2.75, 3.05) is 26.2 Å². The second-order valence-corrected chi connectivity index (χ2v) is 5.85. The Morgan fingerprint density at radius 3 is 2.46 bits per heavy atom. The number of nitrogens with zero attached hydrogens (tertiary/aromatic N) is 1. The van der Waals surface area contributed by atoms with Gasteiger partial charge in [-0.25, -0.2) is 8.78 Å². The van der Waals surface area contributed by atoms with Crippen LogP contribution in [0.15, 0.2) is 42.5 Å². The molecular formula is C19H19F2NO2. The van der Waals surface area contributed by atoms with Gasteiger partial charge in [0.25, 0.3) is 0 Å². The Hall–Kier alpha value is -2.27. The first-order valence-electron chi connectivity index (χ1n) is 8.09. The molecule has 126 valence electrons. The van der Waals surface area contributed by atoms with Crippen molar-refractivity contribution in [2.24, 2.45) is 0 Å². The average Bonchev–Trinajstić information content (AvgIpc) is 3.11. The molecule has 0 aromatic heterocycles. The zero-order valence-corrected chi connectivity index (χ0v) is 13.3. The Kier molecular flexibility index (Phi) is 5.20. The number of ether oxygens (including phenoxy) is 1. The van der Waals surface area contributed by atoms with Crippen LogP contribution >= 0.6 is 0 Å². The quantitative estimate of drug-likeness (QED) is 0.757. The van der Waals surface area contributed by atoms with E-state index in [1.807, 2.05) is 0 Å². The second kappa shape index (κ2) is 7.53. The Morgan fingerprint density at radius 1 is 1.04 bits per heavy atom. The summed E-state index contributed by atoms with van der Waals surface area (Å²) in [5, 5.41) is 0. The van der Waals surface area contributed by atoms with Crippen LogP contribution in [0.2, 0.25) is 0 Å². The number of carbonyl (C=O) groups is 1. The van der Waals surface area contributed by atoms with Gasteiger partial charge in [-0.2, -0.15) is 0 Å². The van der Waals surface area contributed by atoms with Crippen LogP contribution in [0.4, 0.5) is 8.78 Å². The van der Waals surface area contributed by atoms with Crippen molar-refractivity contribution in [1.82, 2.24) is 4.90 Å². The van der Waals surface area contributed by atoms with Crippen LogP contribution in [0.1, 0.15) is 28.8 Å². The van der Waals surface area contributed by atoms with E-state index in [-0.39, 0.29) is 11.3 Å². The summed E-state index contributed by atoms with van der Waals surface area (Å²) < 4.78 is 33.7. The molecule has 1 aliphatic heterocycles. The summed E-state index contributed by atoms with van der Waals surface area (Å²) in [5.74, 6) is -2.20. The Morgan fingerprint density at radius 2 is 1.75 bits per heavy atom. The molecule has 0 saturated carbocycles. The summed E-state index contributed by atoms with van der Waals surface area (Å²) in [6.07, 6.45) is 2.33. The Bertz CT molecular complexity index is 713. The lowest BCUT2D eigenvalue weighted by Crippen LogP contribution is -2.25. The van der Waals surface area contributed by atoms with Crippen LogP contribution in [0.5, 0.6) is 5.75 Å². The summed E-state index contributed by atoms with van der Waals surface area (Å²) in [6, 6.07) is 10.1. The van der Waals surface area contributed by atoms with Gasteiger partial charge in [-0.3, -0.25) is 9.69 Å². The lowest BCUT2D eigenvalue weighted by atomic mass is 10.0. The van der Waals surface area contributed by atoms with Gasteiger partial charge in [-0.1, -0.05) is 30.3 Å². The fourth-order valence-corrected chi connectivity index (χ4v) is 2.85. The van der Waals surface area contributed by atoms with Crippen molar-refractivity contribution in [3.8, 4) is 5.75 Å².